The number of oxazole rings is 1. The highest BCUT2D eigenvalue weighted by Crippen LogP contribution is 1.99. The lowest BCUT2D eigenvalue weighted by molar-refractivity contribution is -0.122. The predicted molar refractivity (Wildman–Crippen MR) is 47.9 cm³/mol. The van der Waals surface area contributed by atoms with E-state index in [4.69, 9.17) is 4.42 Å². The summed E-state index contributed by atoms with van der Waals surface area (Å²) < 4.78 is 4.82. The number of hydrogen-bond acceptors (Lipinski definition) is 5. The second kappa shape index (κ2) is 3.77. The fraction of sp³-hybridized carbons (Fsp3) is 0.500. The summed E-state index contributed by atoms with van der Waals surface area (Å²) in [5, 5.41) is 4.84. The summed E-state index contributed by atoms with van der Waals surface area (Å²) in [6, 6.07) is -0.170. The zero-order valence-electron chi connectivity index (χ0n) is 7.86. The normalized spacial score (nSPS) is 22.6. The Kier molecular flexibility index (Phi) is 2.47. The van der Waals surface area contributed by atoms with Crippen LogP contribution in [0, 0.1) is 0 Å². The fourth-order valence-electron chi connectivity index (χ4n) is 1.38. The summed E-state index contributed by atoms with van der Waals surface area (Å²) in [7, 11) is 1.83. The van der Waals surface area contributed by atoms with Crippen LogP contribution >= 0.6 is 0 Å². The average molecular weight is 196 g/mol. The van der Waals surface area contributed by atoms with Crippen molar-refractivity contribution in [1.29, 1.82) is 0 Å². The maximum absolute atomic E-state index is 11.3. The minimum absolute atomic E-state index is 0.00371. The van der Waals surface area contributed by atoms with Crippen LogP contribution in [0.2, 0.25) is 0 Å². The number of aromatic nitrogens is 1. The van der Waals surface area contributed by atoms with Crippen molar-refractivity contribution in [3.05, 3.63) is 18.4 Å². The molecule has 1 aliphatic heterocycles. The number of hydrazine groups is 1. The number of hydrogen-bond donors (Lipinski definition) is 2. The van der Waals surface area contributed by atoms with Gasteiger partial charge in [0.15, 0.2) is 6.39 Å². The van der Waals surface area contributed by atoms with E-state index < -0.39 is 0 Å². The molecule has 1 unspecified atom stereocenters. The van der Waals surface area contributed by atoms with Crippen LogP contribution in [0.25, 0.3) is 0 Å². The number of likely N-dealkylation sites (N-methyl/N-ethyl adjacent to an activating group) is 1. The first-order valence-corrected chi connectivity index (χ1v) is 4.38. The van der Waals surface area contributed by atoms with E-state index in [1.807, 2.05) is 7.05 Å². The van der Waals surface area contributed by atoms with Gasteiger partial charge in [-0.15, -0.1) is 0 Å². The lowest BCUT2D eigenvalue weighted by Crippen LogP contribution is -2.37. The fourth-order valence-corrected chi connectivity index (χ4v) is 1.38. The van der Waals surface area contributed by atoms with Gasteiger partial charge in [-0.2, -0.15) is 0 Å². The molecule has 1 aliphatic rings. The molecule has 76 valence electrons. The molecule has 1 saturated heterocycles. The maximum Gasteiger partial charge on any atom is 0.252 e. The Balaban J connectivity index is 1.84. The second-order valence-corrected chi connectivity index (χ2v) is 3.27. The molecule has 2 heterocycles. The first-order valence-electron chi connectivity index (χ1n) is 4.38. The molecule has 0 aliphatic carbocycles. The summed E-state index contributed by atoms with van der Waals surface area (Å²) >= 11 is 0. The minimum Gasteiger partial charge on any atom is -0.451 e. The molecule has 2 rings (SSSR count). The Hall–Kier alpha value is -1.40. The average Bonchev–Trinajstić information content (AvgIpc) is 2.72. The van der Waals surface area contributed by atoms with Crippen LogP contribution in [0.3, 0.4) is 0 Å². The van der Waals surface area contributed by atoms with Crippen LogP contribution in [0.5, 0.6) is 0 Å². The standard InChI is InChI=1S/C8H12N4O2/c1-12-3-7(8(13)11-12)9-2-6-4-14-5-10-6/h4-5,7,9H,2-3H2,1H3,(H,11,13). The largest absolute Gasteiger partial charge is 0.451 e. The van der Waals surface area contributed by atoms with Gasteiger partial charge in [-0.25, -0.2) is 9.99 Å². The molecule has 1 amide bonds. The summed E-state index contributed by atoms with van der Waals surface area (Å²) in [5.74, 6) is -0.00371. The molecule has 1 aromatic rings. The van der Waals surface area contributed by atoms with E-state index in [-0.39, 0.29) is 11.9 Å². The van der Waals surface area contributed by atoms with E-state index in [1.54, 1.807) is 11.3 Å². The van der Waals surface area contributed by atoms with E-state index in [0.29, 0.717) is 13.1 Å². The Morgan fingerprint density at radius 2 is 2.71 bits per heavy atom. The summed E-state index contributed by atoms with van der Waals surface area (Å²) in [6.07, 6.45) is 2.93. The zero-order valence-corrected chi connectivity index (χ0v) is 7.86. The molecule has 6 nitrogen and oxygen atoms in total. The first-order chi connectivity index (χ1) is 6.75. The first kappa shape index (κ1) is 9.17. The molecule has 0 bridgehead atoms. The molecule has 6 heteroatoms. The van der Waals surface area contributed by atoms with Gasteiger partial charge in [-0.05, 0) is 0 Å². The van der Waals surface area contributed by atoms with Crippen LogP contribution < -0.4 is 10.7 Å². The topological polar surface area (TPSA) is 70.4 Å². The van der Waals surface area contributed by atoms with Crippen molar-refractivity contribution < 1.29 is 9.21 Å². The van der Waals surface area contributed by atoms with Crippen LogP contribution in [0.15, 0.2) is 17.1 Å². The van der Waals surface area contributed by atoms with Crippen molar-refractivity contribution >= 4 is 5.91 Å². The van der Waals surface area contributed by atoms with Gasteiger partial charge in [0.25, 0.3) is 5.91 Å². The maximum atomic E-state index is 11.3. The van der Waals surface area contributed by atoms with Gasteiger partial charge >= 0.3 is 0 Å². The second-order valence-electron chi connectivity index (χ2n) is 3.27. The molecule has 1 fully saturated rings. The number of nitrogens with zero attached hydrogens (tertiary/aromatic N) is 2. The SMILES string of the molecule is CN1CC(NCc2cocn2)C(=O)N1. The van der Waals surface area contributed by atoms with Gasteiger partial charge in [0.1, 0.15) is 12.3 Å². The molecule has 0 saturated carbocycles. The smallest absolute Gasteiger partial charge is 0.252 e. The van der Waals surface area contributed by atoms with Gasteiger partial charge in [-0.3, -0.25) is 15.5 Å². The summed E-state index contributed by atoms with van der Waals surface area (Å²) in [5.41, 5.74) is 3.48. The van der Waals surface area contributed by atoms with Crippen molar-refractivity contribution in [2.75, 3.05) is 13.6 Å². The van der Waals surface area contributed by atoms with Crippen LogP contribution in [-0.4, -0.2) is 35.5 Å². The number of carbonyl (C=O) groups is 1. The molecule has 14 heavy (non-hydrogen) atoms. The molecule has 1 aromatic heterocycles. The van der Waals surface area contributed by atoms with E-state index in [2.05, 4.69) is 15.7 Å². The third-order valence-electron chi connectivity index (χ3n) is 2.09. The Bertz CT molecular complexity index is 311. The Morgan fingerprint density at radius 1 is 1.86 bits per heavy atom. The van der Waals surface area contributed by atoms with E-state index in [0.717, 1.165) is 5.69 Å². The van der Waals surface area contributed by atoms with Gasteiger partial charge in [0, 0.05) is 20.1 Å². The molecule has 0 aromatic carbocycles. The lowest BCUT2D eigenvalue weighted by atomic mass is 10.3. The molecule has 1 atom stereocenters. The van der Waals surface area contributed by atoms with Crippen molar-refractivity contribution in [2.24, 2.45) is 0 Å². The van der Waals surface area contributed by atoms with Gasteiger partial charge < -0.3 is 4.42 Å². The van der Waals surface area contributed by atoms with Crippen LogP contribution in [0.1, 0.15) is 5.69 Å². The number of amides is 1. The third kappa shape index (κ3) is 1.91. The lowest BCUT2D eigenvalue weighted by Gasteiger charge is -2.07. The highest BCUT2D eigenvalue weighted by atomic mass is 16.3. The quantitative estimate of drug-likeness (QED) is 0.656. The predicted octanol–water partition coefficient (Wildman–Crippen LogP) is -0.891. The monoisotopic (exact) mass is 196 g/mol. The van der Waals surface area contributed by atoms with E-state index in [9.17, 15) is 4.79 Å². The summed E-state index contributed by atoms with van der Waals surface area (Å²) in [6.45, 7) is 1.21. The minimum atomic E-state index is -0.170. The molecule has 0 radical (unpaired) electrons. The number of carbonyl (C=O) groups excluding carboxylic acids is 1. The van der Waals surface area contributed by atoms with Crippen molar-refractivity contribution in [2.45, 2.75) is 12.6 Å². The van der Waals surface area contributed by atoms with Gasteiger partial charge in [0.2, 0.25) is 0 Å². The van der Waals surface area contributed by atoms with Crippen LogP contribution in [-0.2, 0) is 11.3 Å². The molecular weight excluding hydrogens is 184 g/mol. The zero-order chi connectivity index (χ0) is 9.97. The number of nitrogens with one attached hydrogen (secondary N) is 2. The summed E-state index contributed by atoms with van der Waals surface area (Å²) in [4.78, 5) is 15.2. The van der Waals surface area contributed by atoms with Crippen molar-refractivity contribution in [1.82, 2.24) is 20.7 Å². The highest BCUT2D eigenvalue weighted by molar-refractivity contribution is 5.83. The third-order valence-corrected chi connectivity index (χ3v) is 2.09. The Morgan fingerprint density at radius 3 is 3.29 bits per heavy atom. The molecule has 0 spiro atoms. The van der Waals surface area contributed by atoms with Gasteiger partial charge in [-0.1, -0.05) is 0 Å². The van der Waals surface area contributed by atoms with Gasteiger partial charge in [0.05, 0.1) is 5.69 Å². The number of rotatable bonds is 3. The van der Waals surface area contributed by atoms with Crippen LogP contribution in [0.4, 0.5) is 0 Å². The van der Waals surface area contributed by atoms with E-state index in [1.165, 1.54) is 6.39 Å². The molecular formula is C8H12N4O2. The van der Waals surface area contributed by atoms with Crippen molar-refractivity contribution in [3.63, 3.8) is 0 Å². The highest BCUT2D eigenvalue weighted by Gasteiger charge is 2.27. The Labute approximate surface area is 81.3 Å². The molecule has 2 N–H and O–H groups in total. The van der Waals surface area contributed by atoms with E-state index >= 15 is 0 Å². The van der Waals surface area contributed by atoms with Crippen molar-refractivity contribution in [3.8, 4) is 0 Å².